The van der Waals surface area contributed by atoms with E-state index in [1.54, 1.807) is 0 Å². The minimum atomic E-state index is -0.367. The van der Waals surface area contributed by atoms with Crippen LogP contribution in [0.2, 0.25) is 0 Å². The van der Waals surface area contributed by atoms with E-state index in [-0.39, 0.29) is 38.4 Å². The van der Waals surface area contributed by atoms with Gasteiger partial charge in [0.2, 0.25) is 0 Å². The van der Waals surface area contributed by atoms with E-state index >= 15 is 0 Å². The Hall–Kier alpha value is -12.7. The number of nitrogens with zero attached hydrogens (tertiary/aromatic N) is 3. The molecule has 0 bridgehead atoms. The molecule has 120 heavy (non-hydrogen) atoms. The lowest BCUT2D eigenvalue weighted by Gasteiger charge is -2.47. The quantitative estimate of drug-likeness (QED) is 0.144. The Labute approximate surface area is 707 Å². The van der Waals surface area contributed by atoms with Crippen LogP contribution in [0.4, 0.5) is 34.1 Å². The van der Waals surface area contributed by atoms with Gasteiger partial charge in [0.25, 0.3) is 0 Å². The van der Waals surface area contributed by atoms with Crippen molar-refractivity contribution in [3.8, 4) is 72.4 Å². The van der Waals surface area contributed by atoms with Crippen molar-refractivity contribution in [1.29, 1.82) is 0 Å². The molecule has 18 aromatic rings. The van der Waals surface area contributed by atoms with Crippen LogP contribution in [0.3, 0.4) is 0 Å². The van der Waals surface area contributed by atoms with Crippen LogP contribution >= 0.6 is 0 Å². The number of para-hydroxylation sites is 2. The molecule has 0 radical (unpaired) electrons. The number of benzene rings is 15. The zero-order valence-electron chi connectivity index (χ0n) is 72.6. The summed E-state index contributed by atoms with van der Waals surface area (Å²) < 4.78 is 17.1. The Morgan fingerprint density at radius 2 is 0.617 bits per heavy atom. The van der Waals surface area contributed by atoms with E-state index in [1.165, 1.54) is 66.4 Å². The summed E-state index contributed by atoms with van der Waals surface area (Å²) in [4.78, 5) is 5.48. The summed E-state index contributed by atoms with van der Waals surface area (Å²) in [7, 11) is 0. The number of rotatable bonds is 9. The Morgan fingerprint density at radius 3 is 1.03 bits per heavy atom. The Morgan fingerprint density at radius 1 is 0.242 bits per heavy atom. The molecule has 0 saturated heterocycles. The minimum Gasteiger partial charge on any atom is -0.456 e. The molecule has 592 valence electrons. The largest absolute Gasteiger partial charge is 0.456 e. The summed E-state index contributed by atoms with van der Waals surface area (Å²) in [5.74, 6) is -0.367. The molecule has 5 nitrogen and oxygen atoms in total. The molecule has 0 N–H and O–H groups in total. The molecule has 1 unspecified atom stereocenters. The third-order valence-corrected chi connectivity index (χ3v) is 25.8. The highest BCUT2D eigenvalue weighted by atomic mass is 16.3. The van der Waals surface area contributed by atoms with Gasteiger partial charge in [-0.25, -0.2) is 0 Å². The molecule has 0 fully saturated rings. The second-order valence-electron chi connectivity index (χ2n) is 40.1. The van der Waals surface area contributed by atoms with Crippen LogP contribution in [-0.4, -0.2) is 4.57 Å². The molecule has 20 rings (SSSR count). The van der Waals surface area contributed by atoms with Crippen LogP contribution in [0.15, 0.2) is 312 Å². The monoisotopic (exact) mass is 1560 g/mol. The fourth-order valence-electron chi connectivity index (χ4n) is 19.2. The Bertz CT molecular complexity index is 7050. The van der Waals surface area contributed by atoms with Crippen LogP contribution in [0.25, 0.3) is 138 Å². The molecule has 1 atom stereocenters. The Balaban J connectivity index is 1.03. The summed E-state index contributed by atoms with van der Waals surface area (Å²) >= 11 is 0. The van der Waals surface area contributed by atoms with Crippen molar-refractivity contribution in [3.63, 3.8) is 0 Å². The third kappa shape index (κ3) is 12.6. The summed E-state index contributed by atoms with van der Waals surface area (Å²) in [6.45, 7) is 42.4. The van der Waals surface area contributed by atoms with Crippen molar-refractivity contribution in [3.05, 3.63) is 353 Å². The van der Waals surface area contributed by atoms with Crippen LogP contribution < -0.4 is 9.80 Å². The van der Waals surface area contributed by atoms with Crippen molar-refractivity contribution in [1.82, 2.24) is 4.57 Å². The highest BCUT2D eigenvalue weighted by molar-refractivity contribution is 6.23. The van der Waals surface area contributed by atoms with E-state index in [2.05, 4.69) is 442 Å². The molecule has 0 amide bonds. The molecule has 0 saturated carbocycles. The lowest BCUT2D eigenvalue weighted by molar-refractivity contribution is 0.568. The predicted molar refractivity (Wildman–Crippen MR) is 510 cm³/mol. The Kier molecular flexibility index (Phi) is 17.4. The van der Waals surface area contributed by atoms with Gasteiger partial charge in [-0.15, -0.1) is 0 Å². The maximum absolute atomic E-state index is 7.30. The minimum absolute atomic E-state index is 0.0962. The summed E-state index contributed by atoms with van der Waals surface area (Å²) in [6.07, 6.45) is 0. The molecule has 0 aliphatic carbocycles. The first kappa shape index (κ1) is 76.0. The van der Waals surface area contributed by atoms with Gasteiger partial charge >= 0.3 is 0 Å². The zero-order valence-corrected chi connectivity index (χ0v) is 72.6. The molecule has 15 aromatic carbocycles. The second-order valence-corrected chi connectivity index (χ2v) is 40.1. The maximum atomic E-state index is 7.30. The van der Waals surface area contributed by atoms with E-state index < -0.39 is 0 Å². The van der Waals surface area contributed by atoms with Gasteiger partial charge in [-0.2, -0.15) is 0 Å². The topological polar surface area (TPSA) is 37.7 Å². The van der Waals surface area contributed by atoms with Crippen LogP contribution in [0, 0.1) is 0 Å². The first-order chi connectivity index (χ1) is 57.3. The van der Waals surface area contributed by atoms with Gasteiger partial charge in [0.15, 0.2) is 0 Å². The molecule has 5 heteroatoms. The van der Waals surface area contributed by atoms with Gasteiger partial charge in [0.05, 0.1) is 45.2 Å². The van der Waals surface area contributed by atoms with Gasteiger partial charge in [-0.3, -0.25) is 0 Å². The van der Waals surface area contributed by atoms with Gasteiger partial charge < -0.3 is 23.2 Å². The SMILES string of the molecule is CC(C)(C)c1cc(-c2ccc3c(c2)C2c4ccc(-n5c6ccc(C(C)(C)C)cc6c6cc(C(C)(C)C)ccc65)cc4N(c4c(-c5ccccc5)cc5oc6ccccc6c5c4-c4ccccc4)c4cc(-c5cc(C(C)(C)C)cc(C(C)(C)C)c5)cc(c42)N3c2c(-c3ccccc3)cc3oc4ccccc4c3c2-c2ccccc2)cc(C(C)(C)C)c1. The van der Waals surface area contributed by atoms with Gasteiger partial charge in [0, 0.05) is 71.7 Å². The maximum Gasteiger partial charge on any atom is 0.136 e. The van der Waals surface area contributed by atoms with Crippen molar-refractivity contribution in [2.45, 2.75) is 163 Å². The molecular formula is C115H105N3O2. The summed E-state index contributed by atoms with van der Waals surface area (Å²) in [5.41, 5.74) is 36.8. The third-order valence-electron chi connectivity index (χ3n) is 25.8. The number of fused-ring (bicyclic) bond motifs is 13. The number of furan rings is 2. The highest BCUT2D eigenvalue weighted by Crippen LogP contribution is 2.67. The molecule has 3 aromatic heterocycles. The van der Waals surface area contributed by atoms with Crippen LogP contribution in [0.1, 0.15) is 181 Å². The van der Waals surface area contributed by atoms with Gasteiger partial charge in [-0.1, -0.05) is 343 Å². The number of aromatic nitrogens is 1. The average molecular weight is 1560 g/mol. The van der Waals surface area contributed by atoms with E-state index in [0.717, 1.165) is 156 Å². The molecule has 5 heterocycles. The standard InChI is InChI=1S/C115H105N3O2/c1-110(2,3)77-48-53-92-89(64-77)90-65-78(111(4,5)6)49-54-93(90)116(92)83-50-51-84-95(66-83)118(109-88(70-37-25-20-26-38-70)68-101-106(86-44-32-34-46-99(86)120-101)103(109)72-41-29-22-30-42-72)97-61-76(75-57-81(114(13,14)15)63-82(58-75)115(16,17)18)60-96-107(97)104(84)91-59-73(74-55-79(112(7,8)9)62-80(56-74)113(10,11)12)47-52-94(91)117(96)108-87(69-35-23-19-24-36-69)67-100-105(85-43-31-33-45-98(85)119-100)102(108)71-39-27-21-28-40-71/h19-68,104H,1-18H3. The van der Waals surface area contributed by atoms with Crippen molar-refractivity contribution in [2.24, 2.45) is 0 Å². The molecular weight excluding hydrogens is 1460 g/mol. The predicted octanol–water partition coefficient (Wildman–Crippen LogP) is 33.1. The summed E-state index contributed by atoms with van der Waals surface area (Å²) in [5, 5.41) is 6.71. The van der Waals surface area contributed by atoms with E-state index in [9.17, 15) is 0 Å². The second kappa shape index (κ2) is 27.4. The summed E-state index contributed by atoms with van der Waals surface area (Å²) in [6, 6.07) is 116. The first-order valence-corrected chi connectivity index (χ1v) is 43.0. The van der Waals surface area contributed by atoms with E-state index in [4.69, 9.17) is 8.83 Å². The van der Waals surface area contributed by atoms with Crippen molar-refractivity contribution < 1.29 is 8.83 Å². The van der Waals surface area contributed by atoms with Gasteiger partial charge in [-0.05, 0) is 206 Å². The van der Waals surface area contributed by atoms with Gasteiger partial charge in [0.1, 0.15) is 22.3 Å². The van der Waals surface area contributed by atoms with Crippen LogP contribution in [0.5, 0.6) is 0 Å². The average Bonchev–Trinajstić information content (AvgIpc) is 0.953. The number of hydrogen-bond acceptors (Lipinski definition) is 4. The number of hydrogen-bond donors (Lipinski definition) is 0. The fourth-order valence-corrected chi connectivity index (χ4v) is 19.2. The zero-order chi connectivity index (χ0) is 83.2. The fraction of sp³-hybridized carbons (Fsp3) is 0.217. The molecule has 2 aliphatic rings. The van der Waals surface area contributed by atoms with Crippen molar-refractivity contribution >= 4 is 99.8 Å². The smallest absolute Gasteiger partial charge is 0.136 e. The number of anilines is 6. The van der Waals surface area contributed by atoms with Crippen LogP contribution in [-0.2, 0) is 32.5 Å². The molecule has 0 spiro atoms. The highest BCUT2D eigenvalue weighted by Gasteiger charge is 2.46. The van der Waals surface area contributed by atoms with E-state index in [1.807, 2.05) is 0 Å². The normalized spacial score (nSPS) is 14.0. The van der Waals surface area contributed by atoms with Crippen molar-refractivity contribution in [2.75, 3.05) is 9.80 Å². The molecule has 2 aliphatic heterocycles. The first-order valence-electron chi connectivity index (χ1n) is 43.0. The lowest BCUT2D eigenvalue weighted by atomic mass is 9.73. The lowest BCUT2D eigenvalue weighted by Crippen LogP contribution is -2.30. The van der Waals surface area contributed by atoms with E-state index in [0.29, 0.717) is 0 Å².